The van der Waals surface area contributed by atoms with Gasteiger partial charge in [-0.15, -0.1) is 0 Å². The molecule has 0 N–H and O–H groups in total. The summed E-state index contributed by atoms with van der Waals surface area (Å²) in [6.45, 7) is 0.999. The number of hydrogen-bond acceptors (Lipinski definition) is 4. The van der Waals surface area contributed by atoms with Crippen LogP contribution < -0.4 is 9.47 Å². The van der Waals surface area contributed by atoms with Gasteiger partial charge in [-0.05, 0) is 12.1 Å². The van der Waals surface area contributed by atoms with Crippen molar-refractivity contribution < 1.29 is 20.6 Å². The summed E-state index contributed by atoms with van der Waals surface area (Å²) in [5, 5.41) is 0. The molecule has 0 fully saturated rings. The van der Waals surface area contributed by atoms with Gasteiger partial charge in [0.25, 0.3) is 0 Å². The fraction of sp³-hybridized carbons (Fsp3) is 0.400. The zero-order valence-corrected chi connectivity index (χ0v) is 9.59. The smallest absolute Gasteiger partial charge is 0.178 e. The summed E-state index contributed by atoms with van der Waals surface area (Å²) >= 11 is 0. The molecule has 0 aromatic heterocycles. The average Bonchev–Trinajstić information content (AvgIpc) is 2.26. The van der Waals surface area contributed by atoms with Gasteiger partial charge in [-0.3, -0.25) is 0 Å². The fourth-order valence-electron chi connectivity index (χ4n) is 1.10. The van der Waals surface area contributed by atoms with Crippen molar-refractivity contribution in [2.75, 3.05) is 19.9 Å². The third-order valence-electron chi connectivity index (χ3n) is 1.93. The number of methoxy groups -OCH3 is 2. The van der Waals surface area contributed by atoms with E-state index in [-0.39, 0.29) is 10.6 Å². The Morgan fingerprint density at radius 1 is 1.40 bits per heavy atom. The van der Waals surface area contributed by atoms with Gasteiger partial charge in [-0.2, -0.15) is 0 Å². The van der Waals surface area contributed by atoms with Crippen molar-refractivity contribution in [3.8, 4) is 11.5 Å². The first-order valence-corrected chi connectivity index (χ1v) is 5.69. The molecule has 0 amide bonds. The Morgan fingerprint density at radius 2 is 2.00 bits per heavy atom. The van der Waals surface area contributed by atoms with E-state index < -0.39 is 15.5 Å². The van der Waals surface area contributed by atoms with Crippen LogP contribution >= 0.6 is 0 Å². The first-order chi connectivity index (χ1) is 7.74. The predicted octanol–water partition coefficient (Wildman–Crippen LogP) is 1.50. The molecular formula is C10H14O4S. The Morgan fingerprint density at radius 3 is 2.47 bits per heavy atom. The Hall–Kier alpha value is -1.23. The quantitative estimate of drug-likeness (QED) is 0.788. The number of hydrogen-bond donors (Lipinski definition) is 0. The van der Waals surface area contributed by atoms with Crippen molar-refractivity contribution in [2.45, 2.75) is 11.8 Å². The molecule has 0 unspecified atom stereocenters. The summed E-state index contributed by atoms with van der Waals surface area (Å²) in [7, 11) is -1.22. The Labute approximate surface area is 92.6 Å². The van der Waals surface area contributed by atoms with E-state index in [1.54, 1.807) is 0 Å². The predicted molar refractivity (Wildman–Crippen MR) is 57.3 cm³/mol. The van der Waals surface area contributed by atoms with E-state index in [9.17, 15) is 8.42 Å². The topological polar surface area (TPSA) is 52.6 Å². The third kappa shape index (κ3) is 2.41. The van der Waals surface area contributed by atoms with Crippen LogP contribution in [0.2, 0.25) is 0 Å². The Balaban J connectivity index is 3.36. The molecule has 1 rings (SSSR count). The van der Waals surface area contributed by atoms with Crippen molar-refractivity contribution in [2.24, 2.45) is 0 Å². The van der Waals surface area contributed by atoms with Gasteiger partial charge in [0.2, 0.25) is 0 Å². The summed E-state index contributed by atoms with van der Waals surface area (Å²) in [4.78, 5) is -0.136. The van der Waals surface area contributed by atoms with Crippen molar-refractivity contribution >= 4 is 9.84 Å². The highest BCUT2D eigenvalue weighted by Gasteiger charge is 2.14. The summed E-state index contributed by atoms with van der Waals surface area (Å²) in [5.41, 5.74) is -2.34. The molecule has 0 aliphatic heterocycles. The maximum Gasteiger partial charge on any atom is 0.178 e. The molecule has 1 aromatic rings. The van der Waals surface area contributed by atoms with Crippen LogP contribution in [0.1, 0.15) is 9.67 Å². The summed E-state index contributed by atoms with van der Waals surface area (Å²) in [6, 6.07) is 3.96. The standard InChI is InChI=1S/C10H14O4S/c1-4-15(11,12)8-5-6-9(13-2)10(7-8)14-3/h5-7H,4H2,1-3H3/i4DH/t4-/m0/s1. The zero-order chi connectivity index (χ0) is 13.3. The molecule has 0 bridgehead atoms. The largest absolute Gasteiger partial charge is 0.493 e. The van der Waals surface area contributed by atoms with Crippen LogP contribution in [0.25, 0.3) is 0 Å². The third-order valence-corrected chi connectivity index (χ3v) is 3.35. The second kappa shape index (κ2) is 4.53. The summed E-state index contributed by atoms with van der Waals surface area (Å²) < 4.78 is 48.3. The molecule has 0 saturated carbocycles. The Bertz CT molecular complexity index is 506. The van der Waals surface area contributed by atoms with Gasteiger partial charge in [0, 0.05) is 8.81 Å². The second-order valence-corrected chi connectivity index (χ2v) is 4.61. The minimum atomic E-state index is -4.04. The van der Waals surface area contributed by atoms with Gasteiger partial charge in [0.15, 0.2) is 21.3 Å². The van der Waals surface area contributed by atoms with Crippen LogP contribution in [-0.4, -0.2) is 28.3 Å². The van der Waals surface area contributed by atoms with Crippen LogP contribution in [0, 0.1) is 0 Å². The number of sulfone groups is 1. The van der Waals surface area contributed by atoms with Gasteiger partial charge in [-0.1, -0.05) is 6.92 Å². The van der Waals surface area contributed by atoms with E-state index >= 15 is 0 Å². The maximum absolute atomic E-state index is 11.9. The van der Waals surface area contributed by atoms with Crippen LogP contribution in [0.15, 0.2) is 23.1 Å². The molecule has 0 aliphatic carbocycles. The molecule has 0 heterocycles. The number of benzene rings is 1. The molecular weight excluding hydrogens is 216 g/mol. The van der Waals surface area contributed by atoms with Crippen LogP contribution in [0.4, 0.5) is 0 Å². The molecule has 15 heavy (non-hydrogen) atoms. The fourth-order valence-corrected chi connectivity index (χ4v) is 1.85. The van der Waals surface area contributed by atoms with Crippen molar-refractivity contribution in [3.63, 3.8) is 0 Å². The molecule has 0 spiro atoms. The van der Waals surface area contributed by atoms with Crippen molar-refractivity contribution in [1.82, 2.24) is 0 Å². The van der Waals surface area contributed by atoms with Gasteiger partial charge in [0.1, 0.15) is 0 Å². The normalized spacial score (nSPS) is 17.3. The number of rotatable bonds is 4. The highest BCUT2D eigenvalue weighted by atomic mass is 32.2. The van der Waals surface area contributed by atoms with E-state index in [0.717, 1.165) is 6.92 Å². The van der Waals surface area contributed by atoms with Gasteiger partial charge in [-0.25, -0.2) is 8.42 Å². The van der Waals surface area contributed by atoms with E-state index in [1.165, 1.54) is 32.4 Å². The molecule has 84 valence electrons. The van der Waals surface area contributed by atoms with Crippen molar-refractivity contribution in [1.29, 1.82) is 0 Å². The minimum Gasteiger partial charge on any atom is -0.493 e. The van der Waals surface area contributed by atoms with Crippen LogP contribution in [-0.2, 0) is 9.84 Å². The van der Waals surface area contributed by atoms with E-state index in [2.05, 4.69) is 0 Å². The first-order valence-electron chi connectivity index (χ1n) is 5.20. The summed E-state index contributed by atoms with van der Waals surface area (Å²) in [6.07, 6.45) is 0. The van der Waals surface area contributed by atoms with E-state index in [4.69, 9.17) is 12.2 Å². The van der Waals surface area contributed by atoms with Gasteiger partial charge in [0.05, 0.1) is 24.8 Å². The van der Waals surface area contributed by atoms with Gasteiger partial charge < -0.3 is 9.47 Å². The van der Waals surface area contributed by atoms with Crippen LogP contribution in [0.3, 0.4) is 0 Å². The zero-order valence-electron chi connectivity index (χ0n) is 10.8. The lowest BCUT2D eigenvalue weighted by Gasteiger charge is -2.09. The lowest BCUT2D eigenvalue weighted by molar-refractivity contribution is 0.354. The molecule has 0 saturated heterocycles. The molecule has 1 aromatic carbocycles. The highest BCUT2D eigenvalue weighted by molar-refractivity contribution is 7.91. The minimum absolute atomic E-state index is 0.136. The Kier molecular flexibility index (Phi) is 2.72. The van der Waals surface area contributed by atoms with E-state index in [1.807, 2.05) is 0 Å². The molecule has 4 nitrogen and oxygen atoms in total. The maximum atomic E-state index is 11.9. The van der Waals surface area contributed by atoms with Gasteiger partial charge >= 0.3 is 0 Å². The lowest BCUT2D eigenvalue weighted by atomic mass is 10.3. The lowest BCUT2D eigenvalue weighted by Crippen LogP contribution is -2.04. The monoisotopic (exact) mass is 231 g/mol. The average molecular weight is 231 g/mol. The number of ether oxygens (including phenoxy) is 2. The first kappa shape index (κ1) is 9.03. The van der Waals surface area contributed by atoms with Crippen LogP contribution in [0.5, 0.6) is 11.5 Å². The van der Waals surface area contributed by atoms with Crippen molar-refractivity contribution in [3.05, 3.63) is 18.2 Å². The van der Waals surface area contributed by atoms with E-state index in [0.29, 0.717) is 5.75 Å². The molecule has 0 radical (unpaired) electrons. The highest BCUT2D eigenvalue weighted by Crippen LogP contribution is 2.29. The molecule has 0 aliphatic rings. The summed E-state index contributed by atoms with van der Waals surface area (Å²) in [5.74, 6) is 0.640. The molecule has 5 heteroatoms. The molecule has 1 atom stereocenters. The second-order valence-electron chi connectivity index (χ2n) is 2.72. The SMILES string of the molecule is [1H][C@]([2H])(C)S(=O)(=O)c1ccc(OC)c(OC)c1.